The maximum atomic E-state index is 12.6. The molecule has 0 fully saturated rings. The van der Waals surface area contributed by atoms with Crippen molar-refractivity contribution < 1.29 is 9.59 Å². The first-order chi connectivity index (χ1) is 17.6. The number of halogens is 2. The van der Waals surface area contributed by atoms with Crippen LogP contribution in [0.2, 0.25) is 10.0 Å². The Hall–Kier alpha value is -3.60. The summed E-state index contributed by atoms with van der Waals surface area (Å²) < 4.78 is 0. The quantitative estimate of drug-likeness (QED) is 0.262. The van der Waals surface area contributed by atoms with Crippen molar-refractivity contribution in [3.63, 3.8) is 0 Å². The zero-order valence-corrected chi connectivity index (χ0v) is 22.7. The number of hydrogen-bond donors (Lipinski definition) is 2. The lowest BCUT2D eigenvalue weighted by atomic mass is 9.74. The van der Waals surface area contributed by atoms with Gasteiger partial charge in [0.15, 0.2) is 0 Å². The molecule has 4 aromatic carbocycles. The van der Waals surface area contributed by atoms with Crippen LogP contribution in [0.15, 0.2) is 84.9 Å². The van der Waals surface area contributed by atoms with Crippen LogP contribution in [0.4, 0.5) is 11.4 Å². The summed E-state index contributed by atoms with van der Waals surface area (Å²) in [5, 5.41) is 6.73. The molecule has 6 heteroatoms. The molecule has 2 N–H and O–H groups in total. The van der Waals surface area contributed by atoms with E-state index in [1.807, 2.05) is 74.5 Å². The lowest BCUT2D eigenvalue weighted by Gasteiger charge is -2.31. The molecule has 0 saturated carbocycles. The van der Waals surface area contributed by atoms with Crippen LogP contribution in [0.1, 0.15) is 56.8 Å². The van der Waals surface area contributed by atoms with Crippen molar-refractivity contribution in [3.05, 3.63) is 128 Å². The van der Waals surface area contributed by atoms with Crippen molar-refractivity contribution in [1.29, 1.82) is 0 Å². The van der Waals surface area contributed by atoms with Crippen LogP contribution in [0.5, 0.6) is 0 Å². The average molecular weight is 531 g/mol. The summed E-state index contributed by atoms with van der Waals surface area (Å²) in [4.78, 5) is 25.3. The van der Waals surface area contributed by atoms with E-state index in [0.717, 1.165) is 22.3 Å². The first-order valence-corrected chi connectivity index (χ1v) is 12.7. The standard InChI is InChI=1S/C31H28Cl2N2O2/c1-19-15-27(34-29(36)21-11-7-5-8-12-21)25(32)17-23(19)31(3,4)24-18-26(33)28(16-20(24)2)35-30(37)22-13-9-6-10-14-22/h5-18H,1-4H3,(H,34,36)(H,35,37). The fraction of sp³-hybridized carbons (Fsp3) is 0.161. The van der Waals surface area contributed by atoms with Gasteiger partial charge in [-0.2, -0.15) is 0 Å². The molecule has 2 amide bonds. The first-order valence-electron chi connectivity index (χ1n) is 11.9. The van der Waals surface area contributed by atoms with Gasteiger partial charge in [0.2, 0.25) is 0 Å². The van der Waals surface area contributed by atoms with Gasteiger partial charge in [-0.3, -0.25) is 9.59 Å². The average Bonchev–Trinajstić information content (AvgIpc) is 2.88. The maximum absolute atomic E-state index is 12.6. The van der Waals surface area contributed by atoms with Gasteiger partial charge in [-0.25, -0.2) is 0 Å². The highest BCUT2D eigenvalue weighted by Gasteiger charge is 2.29. The molecular weight excluding hydrogens is 503 g/mol. The third-order valence-electron chi connectivity index (χ3n) is 6.54. The molecule has 0 aliphatic heterocycles. The summed E-state index contributed by atoms with van der Waals surface area (Å²) in [5.41, 5.74) is 5.76. The number of carbonyl (C=O) groups is 2. The van der Waals surface area contributed by atoms with Gasteiger partial charge in [-0.05, 0) is 84.6 Å². The summed E-state index contributed by atoms with van der Waals surface area (Å²) in [6.07, 6.45) is 0. The van der Waals surface area contributed by atoms with Crippen LogP contribution in [0.25, 0.3) is 0 Å². The third kappa shape index (κ3) is 5.71. The molecule has 0 atom stereocenters. The van der Waals surface area contributed by atoms with Crippen molar-refractivity contribution in [3.8, 4) is 0 Å². The molecule has 37 heavy (non-hydrogen) atoms. The molecule has 4 rings (SSSR count). The Labute approximate surface area is 227 Å². The van der Waals surface area contributed by atoms with E-state index in [4.69, 9.17) is 23.2 Å². The molecule has 4 nitrogen and oxygen atoms in total. The van der Waals surface area contributed by atoms with Crippen molar-refractivity contribution in [2.75, 3.05) is 10.6 Å². The molecule has 0 heterocycles. The van der Waals surface area contributed by atoms with Crippen LogP contribution in [0, 0.1) is 13.8 Å². The number of rotatable bonds is 6. The molecule has 0 aromatic heterocycles. The predicted molar refractivity (Wildman–Crippen MR) is 153 cm³/mol. The fourth-order valence-corrected chi connectivity index (χ4v) is 5.04. The monoisotopic (exact) mass is 530 g/mol. The molecule has 188 valence electrons. The van der Waals surface area contributed by atoms with E-state index in [-0.39, 0.29) is 11.8 Å². The van der Waals surface area contributed by atoms with Gasteiger partial charge >= 0.3 is 0 Å². The summed E-state index contributed by atoms with van der Waals surface area (Å²) in [6.45, 7) is 8.21. The molecule has 0 unspecified atom stereocenters. The zero-order chi connectivity index (χ0) is 26.7. The largest absolute Gasteiger partial charge is 0.321 e. The Bertz CT molecular complexity index is 1360. The summed E-state index contributed by atoms with van der Waals surface area (Å²) >= 11 is 13.3. The van der Waals surface area contributed by atoms with Crippen molar-refractivity contribution in [1.82, 2.24) is 0 Å². The van der Waals surface area contributed by atoms with Gasteiger partial charge in [0.05, 0.1) is 21.4 Å². The van der Waals surface area contributed by atoms with Crippen LogP contribution >= 0.6 is 23.2 Å². The van der Waals surface area contributed by atoms with E-state index >= 15 is 0 Å². The minimum atomic E-state index is -0.453. The number of hydrogen-bond acceptors (Lipinski definition) is 2. The van der Waals surface area contributed by atoms with Gasteiger partial charge in [0.25, 0.3) is 11.8 Å². The normalized spacial score (nSPS) is 11.2. The molecule has 0 bridgehead atoms. The first kappa shape index (κ1) is 26.5. The maximum Gasteiger partial charge on any atom is 0.255 e. The van der Waals surface area contributed by atoms with E-state index in [1.54, 1.807) is 24.3 Å². The SMILES string of the molecule is Cc1cc(NC(=O)c2ccccc2)c(Cl)cc1C(C)(C)c1cc(Cl)c(NC(=O)c2ccccc2)cc1C. The second-order valence-electron chi connectivity index (χ2n) is 9.56. The molecule has 4 aromatic rings. The number of nitrogens with one attached hydrogen (secondary N) is 2. The van der Waals surface area contributed by atoms with Gasteiger partial charge < -0.3 is 10.6 Å². The van der Waals surface area contributed by atoms with E-state index in [9.17, 15) is 9.59 Å². The van der Waals surface area contributed by atoms with Gasteiger partial charge in [-0.15, -0.1) is 0 Å². The fourth-order valence-electron chi connectivity index (χ4n) is 4.61. The number of anilines is 2. The molecule has 0 aliphatic carbocycles. The smallest absolute Gasteiger partial charge is 0.255 e. The van der Waals surface area contributed by atoms with Crippen LogP contribution in [-0.4, -0.2) is 11.8 Å². The van der Waals surface area contributed by atoms with E-state index in [0.29, 0.717) is 32.5 Å². The topological polar surface area (TPSA) is 58.2 Å². The van der Waals surface area contributed by atoms with E-state index in [2.05, 4.69) is 24.5 Å². The Morgan fingerprint density at radius 1 is 0.622 bits per heavy atom. The second kappa shape index (κ2) is 10.8. The Kier molecular flexibility index (Phi) is 7.72. The van der Waals surface area contributed by atoms with Gasteiger partial charge in [0.1, 0.15) is 0 Å². The second-order valence-corrected chi connectivity index (χ2v) is 10.4. The van der Waals surface area contributed by atoms with Crippen molar-refractivity contribution >= 4 is 46.4 Å². The number of carbonyl (C=O) groups excluding carboxylic acids is 2. The van der Waals surface area contributed by atoms with Gasteiger partial charge in [-0.1, -0.05) is 73.4 Å². The number of aryl methyl sites for hydroxylation is 2. The van der Waals surface area contributed by atoms with E-state index in [1.165, 1.54) is 0 Å². The lowest BCUT2D eigenvalue weighted by molar-refractivity contribution is 0.101. The Balaban J connectivity index is 1.62. The molecular formula is C31H28Cl2N2O2. The Morgan fingerprint density at radius 2 is 0.973 bits per heavy atom. The highest BCUT2D eigenvalue weighted by Crippen LogP contribution is 2.41. The molecule has 0 radical (unpaired) electrons. The van der Waals surface area contributed by atoms with Crippen molar-refractivity contribution in [2.24, 2.45) is 0 Å². The zero-order valence-electron chi connectivity index (χ0n) is 21.2. The summed E-state index contributed by atoms with van der Waals surface area (Å²) in [6, 6.07) is 25.6. The van der Waals surface area contributed by atoms with E-state index < -0.39 is 5.41 Å². The lowest BCUT2D eigenvalue weighted by Crippen LogP contribution is -2.23. The van der Waals surface area contributed by atoms with Gasteiger partial charge in [0, 0.05) is 16.5 Å². The molecule has 0 saturated heterocycles. The third-order valence-corrected chi connectivity index (χ3v) is 7.17. The van der Waals surface area contributed by atoms with Crippen molar-refractivity contribution in [2.45, 2.75) is 33.1 Å². The minimum absolute atomic E-state index is 0.218. The number of amides is 2. The summed E-state index contributed by atoms with van der Waals surface area (Å²) in [7, 11) is 0. The van der Waals surface area contributed by atoms with Crippen LogP contribution < -0.4 is 10.6 Å². The highest BCUT2D eigenvalue weighted by atomic mass is 35.5. The Morgan fingerprint density at radius 3 is 1.32 bits per heavy atom. The minimum Gasteiger partial charge on any atom is -0.321 e. The highest BCUT2D eigenvalue weighted by molar-refractivity contribution is 6.34. The number of benzene rings is 4. The van der Waals surface area contributed by atoms with Crippen LogP contribution in [0.3, 0.4) is 0 Å². The predicted octanol–water partition coefficient (Wildman–Crippen LogP) is 8.44. The molecule has 0 spiro atoms. The molecule has 0 aliphatic rings. The summed E-state index contributed by atoms with van der Waals surface area (Å²) in [5.74, 6) is -0.436. The van der Waals surface area contributed by atoms with Crippen LogP contribution in [-0.2, 0) is 5.41 Å².